The molecule has 0 saturated carbocycles. The van der Waals surface area contributed by atoms with Gasteiger partial charge < -0.3 is 9.15 Å². The first kappa shape index (κ1) is 16.1. The largest absolute Gasteiger partial charge is 0.422 e. The van der Waals surface area contributed by atoms with Crippen LogP contribution in [0.2, 0.25) is 0 Å². The standard InChI is InChI=1S/C22H16O4/c1-13-7-8-14(2)20(11-13)26-22(24)18-12-17-16-6-4-3-5-15(16)9-10-19(17)25-21(18)23/h3-12H,1-2H3. The Balaban J connectivity index is 1.84. The predicted octanol–water partition coefficient (Wildman–Crippen LogP) is 4.78. The number of esters is 1. The first-order valence-corrected chi connectivity index (χ1v) is 8.28. The van der Waals surface area contributed by atoms with E-state index in [9.17, 15) is 9.59 Å². The molecule has 1 aromatic heterocycles. The highest BCUT2D eigenvalue weighted by atomic mass is 16.5. The van der Waals surface area contributed by atoms with Crippen LogP contribution in [0, 0.1) is 13.8 Å². The van der Waals surface area contributed by atoms with Gasteiger partial charge >= 0.3 is 11.6 Å². The number of carbonyl (C=O) groups excluding carboxylic acids is 1. The summed E-state index contributed by atoms with van der Waals surface area (Å²) in [7, 11) is 0. The molecule has 0 saturated heterocycles. The fourth-order valence-corrected chi connectivity index (χ4v) is 2.99. The Morgan fingerprint density at radius 3 is 2.58 bits per heavy atom. The van der Waals surface area contributed by atoms with Crippen molar-refractivity contribution in [1.29, 1.82) is 0 Å². The Morgan fingerprint density at radius 1 is 0.923 bits per heavy atom. The molecule has 0 bridgehead atoms. The monoisotopic (exact) mass is 344 g/mol. The minimum Gasteiger partial charge on any atom is -0.422 e. The van der Waals surface area contributed by atoms with Crippen LogP contribution in [0.3, 0.4) is 0 Å². The summed E-state index contributed by atoms with van der Waals surface area (Å²) in [5.41, 5.74) is 1.41. The zero-order valence-electron chi connectivity index (χ0n) is 14.4. The molecular weight excluding hydrogens is 328 g/mol. The van der Waals surface area contributed by atoms with Gasteiger partial charge in [-0.25, -0.2) is 9.59 Å². The number of aryl methyl sites for hydroxylation is 2. The van der Waals surface area contributed by atoms with Gasteiger partial charge in [0.05, 0.1) is 0 Å². The average Bonchev–Trinajstić information content (AvgIpc) is 2.64. The molecule has 128 valence electrons. The van der Waals surface area contributed by atoms with Gasteiger partial charge in [0.2, 0.25) is 0 Å². The van der Waals surface area contributed by atoms with E-state index in [1.807, 2.05) is 56.3 Å². The third kappa shape index (κ3) is 2.75. The highest BCUT2D eigenvalue weighted by Gasteiger charge is 2.18. The maximum absolute atomic E-state index is 12.6. The molecule has 4 rings (SSSR count). The van der Waals surface area contributed by atoms with Crippen molar-refractivity contribution in [3.8, 4) is 5.75 Å². The summed E-state index contributed by atoms with van der Waals surface area (Å²) in [5, 5.41) is 2.62. The van der Waals surface area contributed by atoms with Crippen LogP contribution >= 0.6 is 0 Å². The molecule has 0 atom stereocenters. The van der Waals surface area contributed by atoms with Crippen LogP contribution in [0.5, 0.6) is 5.75 Å². The SMILES string of the molecule is Cc1ccc(C)c(OC(=O)c2cc3c(ccc4ccccc43)oc2=O)c1. The highest BCUT2D eigenvalue weighted by molar-refractivity contribution is 6.07. The second kappa shape index (κ2) is 6.15. The van der Waals surface area contributed by atoms with Gasteiger partial charge in [0.25, 0.3) is 0 Å². The topological polar surface area (TPSA) is 56.5 Å². The quantitative estimate of drug-likeness (QED) is 0.227. The fourth-order valence-electron chi connectivity index (χ4n) is 2.99. The van der Waals surface area contributed by atoms with Crippen molar-refractivity contribution in [2.45, 2.75) is 13.8 Å². The molecule has 0 spiro atoms. The third-order valence-corrected chi connectivity index (χ3v) is 4.41. The van der Waals surface area contributed by atoms with Crippen LogP contribution in [0.25, 0.3) is 21.7 Å². The van der Waals surface area contributed by atoms with Crippen LogP contribution in [0.4, 0.5) is 0 Å². The molecule has 1 heterocycles. The minimum absolute atomic E-state index is 0.116. The van der Waals surface area contributed by atoms with E-state index in [-0.39, 0.29) is 5.56 Å². The van der Waals surface area contributed by atoms with Gasteiger partial charge in [-0.2, -0.15) is 0 Å². The number of fused-ring (bicyclic) bond motifs is 3. The summed E-state index contributed by atoms with van der Waals surface area (Å²) in [6.45, 7) is 3.76. The van der Waals surface area contributed by atoms with Crippen molar-refractivity contribution < 1.29 is 13.9 Å². The fraction of sp³-hybridized carbons (Fsp3) is 0.0909. The Hall–Kier alpha value is -3.40. The first-order chi connectivity index (χ1) is 12.5. The molecule has 0 unspecified atom stereocenters. The molecule has 26 heavy (non-hydrogen) atoms. The highest BCUT2D eigenvalue weighted by Crippen LogP contribution is 2.26. The molecule has 4 nitrogen and oxygen atoms in total. The minimum atomic E-state index is -0.720. The summed E-state index contributed by atoms with van der Waals surface area (Å²) in [4.78, 5) is 24.9. The lowest BCUT2D eigenvalue weighted by molar-refractivity contribution is 0.0729. The van der Waals surface area contributed by atoms with E-state index in [4.69, 9.17) is 9.15 Å². The molecule has 0 radical (unpaired) electrons. The summed E-state index contributed by atoms with van der Waals surface area (Å²) in [5.74, 6) is -0.283. The molecule has 0 N–H and O–H groups in total. The predicted molar refractivity (Wildman–Crippen MR) is 101 cm³/mol. The molecule has 4 aromatic rings. The second-order valence-corrected chi connectivity index (χ2v) is 6.30. The maximum atomic E-state index is 12.6. The molecule has 0 aliphatic rings. The third-order valence-electron chi connectivity index (χ3n) is 4.41. The lowest BCUT2D eigenvalue weighted by atomic mass is 10.0. The summed E-state index contributed by atoms with van der Waals surface area (Å²) in [6, 6.07) is 18.5. The molecule has 0 fully saturated rings. The van der Waals surface area contributed by atoms with Crippen molar-refractivity contribution in [1.82, 2.24) is 0 Å². The number of hydrogen-bond acceptors (Lipinski definition) is 4. The number of ether oxygens (including phenoxy) is 1. The number of benzene rings is 3. The van der Waals surface area contributed by atoms with Gasteiger partial charge in [0, 0.05) is 5.39 Å². The van der Waals surface area contributed by atoms with E-state index >= 15 is 0 Å². The summed E-state index contributed by atoms with van der Waals surface area (Å²) >= 11 is 0. The first-order valence-electron chi connectivity index (χ1n) is 8.28. The van der Waals surface area contributed by atoms with Gasteiger partial charge in [0.1, 0.15) is 16.9 Å². The Labute approximate surface area is 149 Å². The Kier molecular flexibility index (Phi) is 3.81. The number of carbonyl (C=O) groups is 1. The normalized spacial score (nSPS) is 11.0. The van der Waals surface area contributed by atoms with Gasteiger partial charge in [-0.1, -0.05) is 42.5 Å². The van der Waals surface area contributed by atoms with Crippen LogP contribution < -0.4 is 10.4 Å². The molecule has 4 heteroatoms. The Morgan fingerprint density at radius 2 is 1.73 bits per heavy atom. The zero-order valence-corrected chi connectivity index (χ0v) is 14.4. The van der Waals surface area contributed by atoms with Crippen molar-refractivity contribution in [3.63, 3.8) is 0 Å². The van der Waals surface area contributed by atoms with Crippen molar-refractivity contribution in [3.05, 3.63) is 87.8 Å². The van der Waals surface area contributed by atoms with Crippen LogP contribution in [0.1, 0.15) is 21.5 Å². The van der Waals surface area contributed by atoms with Crippen molar-refractivity contribution >= 4 is 27.7 Å². The average molecular weight is 344 g/mol. The molecule has 0 aliphatic heterocycles. The van der Waals surface area contributed by atoms with Gasteiger partial charge in [-0.05, 0) is 53.9 Å². The Bertz CT molecular complexity index is 1220. The van der Waals surface area contributed by atoms with Crippen LogP contribution in [-0.2, 0) is 0 Å². The van der Waals surface area contributed by atoms with E-state index in [2.05, 4.69) is 0 Å². The van der Waals surface area contributed by atoms with Gasteiger partial charge in [-0.15, -0.1) is 0 Å². The smallest absolute Gasteiger partial charge is 0.351 e. The van der Waals surface area contributed by atoms with Crippen LogP contribution in [0.15, 0.2) is 69.9 Å². The maximum Gasteiger partial charge on any atom is 0.351 e. The molecular formula is C22H16O4. The number of rotatable bonds is 2. The van der Waals surface area contributed by atoms with E-state index in [1.54, 1.807) is 18.2 Å². The molecule has 3 aromatic carbocycles. The van der Waals surface area contributed by atoms with E-state index in [1.165, 1.54) is 0 Å². The van der Waals surface area contributed by atoms with E-state index in [0.29, 0.717) is 16.7 Å². The van der Waals surface area contributed by atoms with Crippen LogP contribution in [-0.4, -0.2) is 5.97 Å². The molecule has 0 amide bonds. The van der Waals surface area contributed by atoms with E-state index in [0.717, 1.165) is 21.9 Å². The van der Waals surface area contributed by atoms with E-state index < -0.39 is 11.6 Å². The lowest BCUT2D eigenvalue weighted by Gasteiger charge is -2.09. The lowest BCUT2D eigenvalue weighted by Crippen LogP contribution is -2.19. The summed E-state index contributed by atoms with van der Waals surface area (Å²) < 4.78 is 10.8. The molecule has 0 aliphatic carbocycles. The van der Waals surface area contributed by atoms with Gasteiger partial charge in [-0.3, -0.25) is 0 Å². The zero-order chi connectivity index (χ0) is 18.3. The van der Waals surface area contributed by atoms with Gasteiger partial charge in [0.15, 0.2) is 0 Å². The second-order valence-electron chi connectivity index (χ2n) is 6.30. The number of hydrogen-bond donors (Lipinski definition) is 0. The van der Waals surface area contributed by atoms with Crippen molar-refractivity contribution in [2.24, 2.45) is 0 Å². The van der Waals surface area contributed by atoms with Crippen molar-refractivity contribution in [2.75, 3.05) is 0 Å². The summed E-state index contributed by atoms with van der Waals surface area (Å²) in [6.07, 6.45) is 0.